The minimum Gasteiger partial charge on any atom is -0.508 e. The van der Waals surface area contributed by atoms with Gasteiger partial charge in [0.1, 0.15) is 5.75 Å². The van der Waals surface area contributed by atoms with Crippen molar-refractivity contribution in [1.29, 1.82) is 0 Å². The van der Waals surface area contributed by atoms with Crippen LogP contribution in [0.2, 0.25) is 0 Å². The smallest absolute Gasteiger partial charge is 0.115 e. The Morgan fingerprint density at radius 2 is 1.40 bits per heavy atom. The van der Waals surface area contributed by atoms with Gasteiger partial charge in [-0.05, 0) is 12.1 Å². The summed E-state index contributed by atoms with van der Waals surface area (Å²) in [6, 6.07) is 8.71. The van der Waals surface area contributed by atoms with Crippen LogP contribution >= 0.6 is 0 Å². The van der Waals surface area contributed by atoms with Gasteiger partial charge in [0, 0.05) is 0 Å². The molecule has 1 aromatic rings. The molecule has 0 aromatic heterocycles. The fraction of sp³-hybridized carbons (Fsp3) is 0.333. The summed E-state index contributed by atoms with van der Waals surface area (Å²) in [5.74, 6) is 0.322. The van der Waals surface area contributed by atoms with E-state index in [4.69, 9.17) is 5.11 Å². The topological polar surface area (TPSA) is 20.2 Å². The predicted octanol–water partition coefficient (Wildman–Crippen LogP) is 3.05. The summed E-state index contributed by atoms with van der Waals surface area (Å²) in [5.41, 5.74) is 0. The third-order valence-electron chi connectivity index (χ3n) is 0.756. The lowest BCUT2D eigenvalue weighted by atomic mass is 10.3. The second-order valence-electron chi connectivity index (χ2n) is 1.34. The number of aromatic hydroxyl groups is 1. The number of benzene rings is 1. The standard InChI is InChI=1S/C6H6O.C2H6.CH4/c7-6-4-2-1-3-5-6;1-2;/h1-5,7H;1-2H3;1H4. The van der Waals surface area contributed by atoms with Gasteiger partial charge in [-0.3, -0.25) is 0 Å². The molecule has 0 bridgehead atoms. The number of rotatable bonds is 0. The molecule has 10 heavy (non-hydrogen) atoms. The highest BCUT2D eigenvalue weighted by molar-refractivity contribution is 5.18. The van der Waals surface area contributed by atoms with Crippen molar-refractivity contribution >= 4 is 0 Å². The van der Waals surface area contributed by atoms with Crippen LogP contribution in [0.4, 0.5) is 0 Å². The van der Waals surface area contributed by atoms with Crippen LogP contribution in [0.25, 0.3) is 0 Å². The summed E-state index contributed by atoms with van der Waals surface area (Å²) in [4.78, 5) is 0. The average Bonchev–Trinajstić information content (AvgIpc) is 1.94. The quantitative estimate of drug-likeness (QED) is 0.587. The zero-order chi connectivity index (χ0) is 7.11. The maximum Gasteiger partial charge on any atom is 0.115 e. The van der Waals surface area contributed by atoms with Crippen molar-refractivity contribution in [2.45, 2.75) is 21.3 Å². The zero-order valence-electron chi connectivity index (χ0n) is 5.83. The van der Waals surface area contributed by atoms with Crippen LogP contribution in [-0.4, -0.2) is 5.11 Å². The molecule has 1 rings (SSSR count). The van der Waals surface area contributed by atoms with Crippen molar-refractivity contribution in [2.75, 3.05) is 0 Å². The van der Waals surface area contributed by atoms with Gasteiger partial charge in [-0.1, -0.05) is 39.5 Å². The number of hydrogen-bond donors (Lipinski definition) is 1. The summed E-state index contributed by atoms with van der Waals surface area (Å²) in [6.07, 6.45) is 0. The Kier molecular flexibility index (Phi) is 9.44. The first-order valence-electron chi connectivity index (χ1n) is 3.13. The van der Waals surface area contributed by atoms with Gasteiger partial charge in [-0.2, -0.15) is 0 Å². The third kappa shape index (κ3) is 5.16. The van der Waals surface area contributed by atoms with Crippen LogP contribution in [0, 0.1) is 0 Å². The molecule has 0 aliphatic carbocycles. The van der Waals surface area contributed by atoms with E-state index in [2.05, 4.69) is 0 Å². The van der Waals surface area contributed by atoms with Gasteiger partial charge in [-0.25, -0.2) is 0 Å². The largest absolute Gasteiger partial charge is 0.508 e. The van der Waals surface area contributed by atoms with Gasteiger partial charge in [0.15, 0.2) is 0 Å². The maximum absolute atomic E-state index is 8.63. The number of hydrogen-bond acceptors (Lipinski definition) is 1. The lowest BCUT2D eigenvalue weighted by molar-refractivity contribution is 0.475. The highest BCUT2D eigenvalue weighted by atomic mass is 16.3. The Labute approximate surface area is 63.3 Å². The van der Waals surface area contributed by atoms with Gasteiger partial charge >= 0.3 is 0 Å². The fourth-order valence-electron chi connectivity index (χ4n) is 0.428. The number of phenols is 1. The number of para-hydroxylation sites is 1. The molecule has 0 heterocycles. The van der Waals surface area contributed by atoms with Crippen LogP contribution in [0.3, 0.4) is 0 Å². The molecule has 0 radical (unpaired) electrons. The van der Waals surface area contributed by atoms with Crippen LogP contribution < -0.4 is 0 Å². The van der Waals surface area contributed by atoms with Gasteiger partial charge in [0.05, 0.1) is 0 Å². The van der Waals surface area contributed by atoms with Crippen LogP contribution in [0.1, 0.15) is 21.3 Å². The molecule has 0 unspecified atom stereocenters. The minimum absolute atomic E-state index is 0. The highest BCUT2D eigenvalue weighted by Gasteiger charge is 1.74. The Morgan fingerprint density at radius 3 is 1.60 bits per heavy atom. The second kappa shape index (κ2) is 8.02. The van der Waals surface area contributed by atoms with Crippen LogP contribution in [0.5, 0.6) is 5.75 Å². The molecule has 0 saturated carbocycles. The van der Waals surface area contributed by atoms with E-state index >= 15 is 0 Å². The molecule has 0 fully saturated rings. The number of phenolic OH excluding ortho intramolecular Hbond substituents is 1. The van der Waals surface area contributed by atoms with E-state index in [0.29, 0.717) is 5.75 Å². The summed E-state index contributed by atoms with van der Waals surface area (Å²) < 4.78 is 0. The first kappa shape index (κ1) is 11.8. The first-order chi connectivity index (χ1) is 4.39. The summed E-state index contributed by atoms with van der Waals surface area (Å²) in [6.45, 7) is 4.00. The van der Waals surface area contributed by atoms with Gasteiger partial charge in [0.25, 0.3) is 0 Å². The maximum atomic E-state index is 8.63. The Bertz CT molecular complexity index is 135. The van der Waals surface area contributed by atoms with Gasteiger partial charge in [0.2, 0.25) is 0 Å². The predicted molar refractivity (Wildman–Crippen MR) is 46.2 cm³/mol. The van der Waals surface area contributed by atoms with E-state index in [-0.39, 0.29) is 7.43 Å². The minimum atomic E-state index is 0. The summed E-state index contributed by atoms with van der Waals surface area (Å²) in [5, 5.41) is 8.63. The Balaban J connectivity index is 0. The highest BCUT2D eigenvalue weighted by Crippen LogP contribution is 2.02. The molecule has 0 aliphatic heterocycles. The van der Waals surface area contributed by atoms with Crippen molar-refractivity contribution in [3.05, 3.63) is 30.3 Å². The molecule has 0 amide bonds. The van der Waals surface area contributed by atoms with E-state index in [1.54, 1.807) is 24.3 Å². The van der Waals surface area contributed by atoms with Crippen molar-refractivity contribution in [2.24, 2.45) is 0 Å². The molecule has 58 valence electrons. The molecule has 1 aromatic carbocycles. The molecule has 1 heteroatoms. The van der Waals surface area contributed by atoms with E-state index < -0.39 is 0 Å². The van der Waals surface area contributed by atoms with Crippen molar-refractivity contribution in [3.8, 4) is 5.75 Å². The van der Waals surface area contributed by atoms with Crippen molar-refractivity contribution in [3.63, 3.8) is 0 Å². The van der Waals surface area contributed by atoms with E-state index in [1.807, 2.05) is 19.9 Å². The van der Waals surface area contributed by atoms with Crippen molar-refractivity contribution in [1.82, 2.24) is 0 Å². The molecule has 0 saturated heterocycles. The fourth-order valence-corrected chi connectivity index (χ4v) is 0.428. The SMILES string of the molecule is C.CC.Oc1ccccc1. The molecule has 0 atom stereocenters. The Morgan fingerprint density at radius 1 is 1.00 bits per heavy atom. The molecule has 0 spiro atoms. The Hall–Kier alpha value is -0.980. The van der Waals surface area contributed by atoms with Gasteiger partial charge in [-0.15, -0.1) is 0 Å². The lowest BCUT2D eigenvalue weighted by Gasteiger charge is -1.82. The lowest BCUT2D eigenvalue weighted by Crippen LogP contribution is -1.56. The molecule has 1 nitrogen and oxygen atoms in total. The zero-order valence-corrected chi connectivity index (χ0v) is 5.83. The van der Waals surface area contributed by atoms with E-state index in [0.717, 1.165) is 0 Å². The van der Waals surface area contributed by atoms with E-state index in [1.165, 1.54) is 0 Å². The third-order valence-corrected chi connectivity index (χ3v) is 0.756. The monoisotopic (exact) mass is 140 g/mol. The van der Waals surface area contributed by atoms with Crippen molar-refractivity contribution < 1.29 is 5.11 Å². The average molecular weight is 140 g/mol. The first-order valence-corrected chi connectivity index (χ1v) is 3.13. The van der Waals surface area contributed by atoms with E-state index in [9.17, 15) is 0 Å². The molecular formula is C9H16O. The molecule has 1 N–H and O–H groups in total. The normalized spacial score (nSPS) is 6.60. The van der Waals surface area contributed by atoms with Crippen LogP contribution in [0.15, 0.2) is 30.3 Å². The molecular weight excluding hydrogens is 124 g/mol. The van der Waals surface area contributed by atoms with Gasteiger partial charge < -0.3 is 5.11 Å². The summed E-state index contributed by atoms with van der Waals surface area (Å²) in [7, 11) is 0. The molecule has 0 aliphatic rings. The summed E-state index contributed by atoms with van der Waals surface area (Å²) >= 11 is 0. The van der Waals surface area contributed by atoms with Crippen LogP contribution in [-0.2, 0) is 0 Å². The second-order valence-corrected chi connectivity index (χ2v) is 1.34.